The lowest BCUT2D eigenvalue weighted by Gasteiger charge is -2.24. The van der Waals surface area contributed by atoms with Gasteiger partial charge in [-0.25, -0.2) is 0 Å². The van der Waals surface area contributed by atoms with Gasteiger partial charge < -0.3 is 0 Å². The number of aromatic nitrogens is 2. The molecule has 0 amide bonds. The topological polar surface area (TPSA) is 25.8 Å². The van der Waals surface area contributed by atoms with Crippen LogP contribution in [-0.4, -0.2) is 9.97 Å². The van der Waals surface area contributed by atoms with E-state index >= 15 is 0 Å². The highest BCUT2D eigenvalue weighted by Crippen LogP contribution is 2.48. The highest BCUT2D eigenvalue weighted by atomic mass is 35.5. The maximum atomic E-state index is 4.25. The van der Waals surface area contributed by atoms with Crippen molar-refractivity contribution in [1.82, 2.24) is 9.97 Å². The number of hydrogen-bond acceptors (Lipinski definition) is 2. The van der Waals surface area contributed by atoms with Gasteiger partial charge in [0, 0.05) is 30.7 Å². The molecule has 1 aromatic carbocycles. The zero-order valence-electron chi connectivity index (χ0n) is 17.2. The van der Waals surface area contributed by atoms with Crippen molar-refractivity contribution in [3.8, 4) is 0 Å². The van der Waals surface area contributed by atoms with Gasteiger partial charge in [-0.1, -0.05) is 48.6 Å². The summed E-state index contributed by atoms with van der Waals surface area (Å²) in [7, 11) is 0. The summed E-state index contributed by atoms with van der Waals surface area (Å²) in [6.45, 7) is 0. The molecule has 0 saturated heterocycles. The van der Waals surface area contributed by atoms with Crippen molar-refractivity contribution in [3.05, 3.63) is 125 Å². The molecule has 2 unspecified atom stereocenters. The molecule has 2 heterocycles. The summed E-state index contributed by atoms with van der Waals surface area (Å²) >= 11 is 0. The van der Waals surface area contributed by atoms with E-state index in [0.29, 0.717) is 11.8 Å². The monoisotopic (exact) mass is 448 g/mol. The molecular weight excluding hydrogens is 423 g/mol. The minimum absolute atomic E-state index is 0. The number of fused-ring (bicyclic) bond motifs is 1. The first kappa shape index (κ1) is 23.0. The molecule has 0 spiro atoms. The standard InChI is InChI=1S/C27H24N2.2ClH/c1-2-6-21(7-3-1)26-19-27(24-9-5-4-8-23(24)26)25(22-12-16-29-17-13-22)18-20-10-14-28-15-11-20;;/h1-2,4-6,8-17,19,25,27H,3,7,18H2;2*1H. The lowest BCUT2D eigenvalue weighted by atomic mass is 9.79. The van der Waals surface area contributed by atoms with E-state index in [9.17, 15) is 0 Å². The molecule has 0 radical (unpaired) electrons. The van der Waals surface area contributed by atoms with Crippen molar-refractivity contribution < 1.29 is 0 Å². The summed E-state index contributed by atoms with van der Waals surface area (Å²) in [5.74, 6) is 0.711. The van der Waals surface area contributed by atoms with Crippen LogP contribution in [0.15, 0.2) is 103 Å². The van der Waals surface area contributed by atoms with Crippen LogP contribution in [0.4, 0.5) is 0 Å². The molecule has 2 nitrogen and oxygen atoms in total. The molecule has 158 valence electrons. The molecule has 2 aromatic heterocycles. The Hall–Kier alpha value is -2.68. The average molecular weight is 449 g/mol. The maximum absolute atomic E-state index is 4.25. The molecule has 2 atom stereocenters. The third kappa shape index (κ3) is 4.81. The third-order valence-corrected chi connectivity index (χ3v) is 6.09. The van der Waals surface area contributed by atoms with Gasteiger partial charge in [0.25, 0.3) is 0 Å². The number of benzene rings is 1. The second-order valence-corrected chi connectivity index (χ2v) is 7.80. The Kier molecular flexibility index (Phi) is 7.84. The van der Waals surface area contributed by atoms with Gasteiger partial charge in [-0.2, -0.15) is 0 Å². The zero-order chi connectivity index (χ0) is 19.5. The minimum atomic E-state index is 0. The first-order chi connectivity index (χ1) is 14.4. The van der Waals surface area contributed by atoms with E-state index in [-0.39, 0.29) is 24.8 Å². The van der Waals surface area contributed by atoms with E-state index in [4.69, 9.17) is 0 Å². The van der Waals surface area contributed by atoms with E-state index in [1.165, 1.54) is 33.4 Å². The largest absolute Gasteiger partial charge is 0.265 e. The molecular formula is C27H26Cl2N2. The van der Waals surface area contributed by atoms with Crippen LogP contribution in [0.25, 0.3) is 5.57 Å². The first-order valence-electron chi connectivity index (χ1n) is 10.4. The van der Waals surface area contributed by atoms with Gasteiger partial charge in [-0.3, -0.25) is 9.97 Å². The van der Waals surface area contributed by atoms with Gasteiger partial charge in [0.1, 0.15) is 0 Å². The number of halogens is 2. The lowest BCUT2D eigenvalue weighted by molar-refractivity contribution is 0.619. The summed E-state index contributed by atoms with van der Waals surface area (Å²) in [5.41, 5.74) is 8.37. The molecule has 0 N–H and O–H groups in total. The number of allylic oxidation sites excluding steroid dienone is 6. The summed E-state index contributed by atoms with van der Waals surface area (Å²) in [6, 6.07) is 17.5. The van der Waals surface area contributed by atoms with E-state index in [2.05, 4.69) is 82.8 Å². The minimum Gasteiger partial charge on any atom is -0.265 e. The fourth-order valence-corrected chi connectivity index (χ4v) is 4.67. The van der Waals surface area contributed by atoms with Crippen molar-refractivity contribution in [1.29, 1.82) is 0 Å². The molecule has 4 heteroatoms. The Bertz CT molecular complexity index is 1090. The van der Waals surface area contributed by atoms with Crippen LogP contribution < -0.4 is 0 Å². The second-order valence-electron chi connectivity index (χ2n) is 7.80. The summed E-state index contributed by atoms with van der Waals surface area (Å²) in [5, 5.41) is 0. The molecule has 2 aliphatic carbocycles. The van der Waals surface area contributed by atoms with Crippen molar-refractivity contribution in [3.63, 3.8) is 0 Å². The normalized spacial score (nSPS) is 17.5. The van der Waals surface area contributed by atoms with Crippen LogP contribution in [0.5, 0.6) is 0 Å². The molecule has 0 aliphatic heterocycles. The van der Waals surface area contributed by atoms with E-state index in [0.717, 1.165) is 19.3 Å². The SMILES string of the molecule is C1=CCCC(C2=CC(C(Cc3ccncc3)c3ccncc3)c3ccccc32)=C1.Cl.Cl. The average Bonchev–Trinajstić information content (AvgIpc) is 3.19. The number of nitrogens with zero attached hydrogens (tertiary/aromatic N) is 2. The summed E-state index contributed by atoms with van der Waals surface area (Å²) < 4.78 is 0. The van der Waals surface area contributed by atoms with Crippen LogP contribution in [-0.2, 0) is 6.42 Å². The Morgan fingerprint density at radius 1 is 0.871 bits per heavy atom. The highest BCUT2D eigenvalue weighted by molar-refractivity contribution is 5.86. The van der Waals surface area contributed by atoms with Crippen LogP contribution in [0.2, 0.25) is 0 Å². The van der Waals surface area contributed by atoms with Gasteiger partial charge in [0.05, 0.1) is 0 Å². The molecule has 5 rings (SSSR count). The first-order valence-corrected chi connectivity index (χ1v) is 10.4. The molecule has 3 aromatic rings. The van der Waals surface area contributed by atoms with Gasteiger partial charge in [0.15, 0.2) is 0 Å². The maximum Gasteiger partial charge on any atom is 0.0270 e. The highest BCUT2D eigenvalue weighted by Gasteiger charge is 2.31. The molecule has 0 saturated carbocycles. The summed E-state index contributed by atoms with van der Waals surface area (Å²) in [6.07, 6.45) is 20.1. The van der Waals surface area contributed by atoms with Crippen LogP contribution >= 0.6 is 24.8 Å². The van der Waals surface area contributed by atoms with E-state index < -0.39 is 0 Å². The van der Waals surface area contributed by atoms with Gasteiger partial charge >= 0.3 is 0 Å². The van der Waals surface area contributed by atoms with Crippen molar-refractivity contribution >= 4 is 30.4 Å². The fourth-order valence-electron chi connectivity index (χ4n) is 4.67. The van der Waals surface area contributed by atoms with Gasteiger partial charge in [0.2, 0.25) is 0 Å². The van der Waals surface area contributed by atoms with Crippen molar-refractivity contribution in [2.24, 2.45) is 0 Å². The lowest BCUT2D eigenvalue weighted by Crippen LogP contribution is -2.12. The predicted octanol–water partition coefficient (Wildman–Crippen LogP) is 7.10. The van der Waals surface area contributed by atoms with E-state index in [1.54, 1.807) is 0 Å². The van der Waals surface area contributed by atoms with Gasteiger partial charge in [-0.15, -0.1) is 24.8 Å². The van der Waals surface area contributed by atoms with Gasteiger partial charge in [-0.05, 0) is 82.8 Å². The predicted molar refractivity (Wildman–Crippen MR) is 133 cm³/mol. The van der Waals surface area contributed by atoms with Crippen molar-refractivity contribution in [2.45, 2.75) is 31.1 Å². The van der Waals surface area contributed by atoms with E-state index in [1.807, 2.05) is 24.8 Å². The Labute approximate surface area is 196 Å². The Balaban J connectivity index is 0.00000136. The quantitative estimate of drug-likeness (QED) is 0.415. The number of pyridine rings is 2. The van der Waals surface area contributed by atoms with Crippen LogP contribution in [0.1, 0.15) is 46.9 Å². The van der Waals surface area contributed by atoms with Crippen LogP contribution in [0, 0.1) is 0 Å². The number of hydrogen-bond donors (Lipinski definition) is 0. The Morgan fingerprint density at radius 2 is 1.58 bits per heavy atom. The van der Waals surface area contributed by atoms with Crippen molar-refractivity contribution in [2.75, 3.05) is 0 Å². The third-order valence-electron chi connectivity index (χ3n) is 6.09. The zero-order valence-corrected chi connectivity index (χ0v) is 18.9. The van der Waals surface area contributed by atoms with Crippen LogP contribution in [0.3, 0.4) is 0 Å². The molecule has 0 bridgehead atoms. The number of rotatable bonds is 5. The fraction of sp³-hybridized carbons (Fsp3) is 0.185. The molecule has 2 aliphatic rings. The molecule has 31 heavy (non-hydrogen) atoms. The Morgan fingerprint density at radius 3 is 2.29 bits per heavy atom. The molecule has 0 fully saturated rings. The smallest absolute Gasteiger partial charge is 0.0270 e. The summed E-state index contributed by atoms with van der Waals surface area (Å²) in [4.78, 5) is 8.45. The second kappa shape index (κ2) is 10.6.